The van der Waals surface area contributed by atoms with Gasteiger partial charge in [-0.1, -0.05) is 103 Å². The fourth-order valence-electron chi connectivity index (χ4n) is 3.97. The van der Waals surface area contributed by atoms with E-state index in [1.165, 1.54) is 22.3 Å². The molecule has 27 heavy (non-hydrogen) atoms. The van der Waals surface area contributed by atoms with Crippen LogP contribution in [0, 0.1) is 6.92 Å². The van der Waals surface area contributed by atoms with Crippen LogP contribution in [0.15, 0.2) is 109 Å². The first kappa shape index (κ1) is 17.1. The Morgan fingerprint density at radius 1 is 0.519 bits per heavy atom. The fourth-order valence-corrected chi connectivity index (χ4v) is 3.97. The summed E-state index contributed by atoms with van der Waals surface area (Å²) in [5, 5.41) is 0. The molecule has 0 radical (unpaired) electrons. The van der Waals surface area contributed by atoms with Crippen molar-refractivity contribution < 1.29 is 0 Å². The van der Waals surface area contributed by atoms with Crippen LogP contribution in [0.4, 0.5) is 5.69 Å². The molecule has 0 fully saturated rings. The third-order valence-corrected chi connectivity index (χ3v) is 5.32. The molecule has 0 amide bonds. The first-order chi connectivity index (χ1) is 13.2. The van der Waals surface area contributed by atoms with Gasteiger partial charge in [0, 0.05) is 5.69 Å². The Morgan fingerprint density at radius 2 is 0.926 bits per heavy atom. The Labute approximate surface area is 161 Å². The smallest absolute Gasteiger partial charge is 0.0701 e. The van der Waals surface area contributed by atoms with Gasteiger partial charge in [0.25, 0.3) is 0 Å². The van der Waals surface area contributed by atoms with Crippen LogP contribution in [0.3, 0.4) is 0 Å². The average Bonchev–Trinajstić information content (AvgIpc) is 2.74. The number of rotatable bonds is 4. The molecule has 0 aliphatic rings. The molecular weight excluding hydrogens is 326 g/mol. The van der Waals surface area contributed by atoms with Gasteiger partial charge in [-0.3, -0.25) is 0 Å². The van der Waals surface area contributed by atoms with Crippen molar-refractivity contribution in [1.82, 2.24) is 0 Å². The quantitative estimate of drug-likeness (QED) is 0.357. The topological polar surface area (TPSA) is 26.0 Å². The Morgan fingerprint density at radius 3 is 1.30 bits per heavy atom. The van der Waals surface area contributed by atoms with Crippen LogP contribution in [-0.4, -0.2) is 0 Å². The third-order valence-electron chi connectivity index (χ3n) is 5.32. The molecule has 4 aromatic rings. The highest BCUT2D eigenvalue weighted by Crippen LogP contribution is 2.45. The molecule has 0 heterocycles. The van der Waals surface area contributed by atoms with Crippen molar-refractivity contribution in [2.24, 2.45) is 0 Å². The van der Waals surface area contributed by atoms with Crippen molar-refractivity contribution >= 4 is 5.69 Å². The summed E-state index contributed by atoms with van der Waals surface area (Å²) in [6.07, 6.45) is 0. The molecule has 4 rings (SSSR count). The van der Waals surface area contributed by atoms with Crippen molar-refractivity contribution in [1.29, 1.82) is 0 Å². The molecule has 1 heteroatoms. The van der Waals surface area contributed by atoms with Crippen LogP contribution in [-0.2, 0) is 5.41 Å². The molecule has 1 nitrogen and oxygen atoms in total. The minimum atomic E-state index is -0.401. The van der Waals surface area contributed by atoms with E-state index in [0.29, 0.717) is 0 Å². The van der Waals surface area contributed by atoms with E-state index in [1.54, 1.807) is 0 Å². The molecular formula is C26H23N. The lowest BCUT2D eigenvalue weighted by atomic mass is 9.65. The Hall–Kier alpha value is -3.32. The Balaban J connectivity index is 2.14. The van der Waals surface area contributed by atoms with Gasteiger partial charge in [0.2, 0.25) is 0 Å². The van der Waals surface area contributed by atoms with Gasteiger partial charge in [-0.05, 0) is 40.8 Å². The maximum Gasteiger partial charge on any atom is 0.0701 e. The molecule has 0 aliphatic carbocycles. The number of nitrogen functional groups attached to an aromatic ring is 1. The first-order valence-electron chi connectivity index (χ1n) is 9.26. The second kappa shape index (κ2) is 7.13. The molecule has 0 unspecified atom stereocenters. The number of aryl methyl sites for hydroxylation is 1. The summed E-state index contributed by atoms with van der Waals surface area (Å²) in [6.45, 7) is 2.07. The van der Waals surface area contributed by atoms with Crippen molar-refractivity contribution in [3.05, 3.63) is 137 Å². The number of hydrogen-bond acceptors (Lipinski definition) is 1. The first-order valence-corrected chi connectivity index (χ1v) is 9.26. The SMILES string of the molecule is Cc1cc(C(c2ccccc2)(c2ccccc2)c2ccccc2)ccc1N. The van der Waals surface area contributed by atoms with Crippen LogP contribution >= 0.6 is 0 Å². The summed E-state index contributed by atoms with van der Waals surface area (Å²) in [5.74, 6) is 0. The molecule has 0 bridgehead atoms. The molecule has 0 atom stereocenters. The molecule has 4 aromatic carbocycles. The second-order valence-corrected chi connectivity index (χ2v) is 6.92. The second-order valence-electron chi connectivity index (χ2n) is 6.92. The predicted octanol–water partition coefficient (Wildman–Crippen LogP) is 5.96. The number of nitrogens with two attached hydrogens (primary N) is 1. The zero-order valence-corrected chi connectivity index (χ0v) is 15.5. The lowest BCUT2D eigenvalue weighted by molar-refractivity contribution is 0.744. The van der Waals surface area contributed by atoms with Crippen LogP contribution in [0.2, 0.25) is 0 Å². The van der Waals surface area contributed by atoms with Gasteiger partial charge in [0.05, 0.1) is 5.41 Å². The zero-order valence-electron chi connectivity index (χ0n) is 15.5. The average molecular weight is 349 g/mol. The maximum atomic E-state index is 6.15. The summed E-state index contributed by atoms with van der Waals surface area (Å²) in [6, 6.07) is 38.6. The molecule has 0 aromatic heterocycles. The number of anilines is 1. The van der Waals surface area contributed by atoms with E-state index in [4.69, 9.17) is 5.73 Å². The van der Waals surface area contributed by atoms with Gasteiger partial charge >= 0.3 is 0 Å². The monoisotopic (exact) mass is 349 g/mol. The van der Waals surface area contributed by atoms with Crippen LogP contribution in [0.25, 0.3) is 0 Å². The van der Waals surface area contributed by atoms with Crippen molar-refractivity contribution in [2.75, 3.05) is 5.73 Å². The highest BCUT2D eigenvalue weighted by molar-refractivity contribution is 5.62. The minimum Gasteiger partial charge on any atom is -0.399 e. The van der Waals surface area contributed by atoms with E-state index in [1.807, 2.05) is 6.07 Å². The van der Waals surface area contributed by atoms with Gasteiger partial charge in [-0.25, -0.2) is 0 Å². The molecule has 0 saturated carbocycles. The summed E-state index contributed by atoms with van der Waals surface area (Å²) in [7, 11) is 0. The molecule has 2 N–H and O–H groups in total. The summed E-state index contributed by atoms with van der Waals surface area (Å²) >= 11 is 0. The standard InChI is InChI=1S/C26H23N/c1-20-19-24(17-18-25(20)27)26(21-11-5-2-6-12-21,22-13-7-3-8-14-22)23-15-9-4-10-16-23/h2-19H,27H2,1H3. The highest BCUT2D eigenvalue weighted by Gasteiger charge is 2.38. The summed E-state index contributed by atoms with van der Waals surface area (Å²) < 4.78 is 0. The molecule has 0 spiro atoms. The minimum absolute atomic E-state index is 0.401. The van der Waals surface area contributed by atoms with Gasteiger partial charge in [0.15, 0.2) is 0 Å². The van der Waals surface area contributed by atoms with Crippen molar-refractivity contribution in [3.63, 3.8) is 0 Å². The predicted molar refractivity (Wildman–Crippen MR) is 114 cm³/mol. The van der Waals surface area contributed by atoms with E-state index in [0.717, 1.165) is 11.3 Å². The van der Waals surface area contributed by atoms with Gasteiger partial charge < -0.3 is 5.73 Å². The zero-order chi connectivity index (χ0) is 18.7. The summed E-state index contributed by atoms with van der Waals surface area (Å²) in [4.78, 5) is 0. The van der Waals surface area contributed by atoms with Gasteiger partial charge in [-0.2, -0.15) is 0 Å². The van der Waals surface area contributed by atoms with Crippen LogP contribution in [0.5, 0.6) is 0 Å². The summed E-state index contributed by atoms with van der Waals surface area (Å²) in [5.41, 5.74) is 12.6. The van der Waals surface area contributed by atoms with E-state index < -0.39 is 5.41 Å². The van der Waals surface area contributed by atoms with Crippen LogP contribution in [0.1, 0.15) is 27.8 Å². The lowest BCUT2D eigenvalue weighted by Gasteiger charge is -2.37. The van der Waals surface area contributed by atoms with E-state index >= 15 is 0 Å². The number of hydrogen-bond donors (Lipinski definition) is 1. The maximum absolute atomic E-state index is 6.15. The Kier molecular flexibility index (Phi) is 4.52. The van der Waals surface area contributed by atoms with E-state index in [9.17, 15) is 0 Å². The largest absolute Gasteiger partial charge is 0.399 e. The van der Waals surface area contributed by atoms with Gasteiger partial charge in [-0.15, -0.1) is 0 Å². The normalized spacial score (nSPS) is 11.3. The molecule has 0 aliphatic heterocycles. The lowest BCUT2D eigenvalue weighted by Crippen LogP contribution is -2.31. The van der Waals surface area contributed by atoms with Crippen LogP contribution < -0.4 is 5.73 Å². The van der Waals surface area contributed by atoms with E-state index in [-0.39, 0.29) is 0 Å². The molecule has 132 valence electrons. The Bertz CT molecular complexity index is 925. The molecule has 0 saturated heterocycles. The van der Waals surface area contributed by atoms with Crippen molar-refractivity contribution in [3.8, 4) is 0 Å². The third kappa shape index (κ3) is 2.92. The highest BCUT2D eigenvalue weighted by atomic mass is 14.6. The van der Waals surface area contributed by atoms with Crippen molar-refractivity contribution in [2.45, 2.75) is 12.3 Å². The van der Waals surface area contributed by atoms with E-state index in [2.05, 4.69) is 110 Å². The van der Waals surface area contributed by atoms with Gasteiger partial charge in [0.1, 0.15) is 0 Å². The number of benzene rings is 4. The fraction of sp³-hybridized carbons (Fsp3) is 0.0769.